The number of carbonyl (C=O) groups excluding carboxylic acids is 1. The van der Waals surface area contributed by atoms with Crippen molar-refractivity contribution in [2.24, 2.45) is 0 Å². The van der Waals surface area contributed by atoms with Gasteiger partial charge in [0.2, 0.25) is 0 Å². The van der Waals surface area contributed by atoms with Gasteiger partial charge in [0.25, 0.3) is 0 Å². The predicted octanol–water partition coefficient (Wildman–Crippen LogP) is 2.47. The number of carbonyl (C=O) groups is 1. The summed E-state index contributed by atoms with van der Waals surface area (Å²) in [4.78, 5) is 16.2. The van der Waals surface area contributed by atoms with Crippen LogP contribution < -0.4 is 10.2 Å². The lowest BCUT2D eigenvalue weighted by molar-refractivity contribution is 0.208. The number of amides is 2. The third-order valence-electron chi connectivity index (χ3n) is 4.25. The lowest BCUT2D eigenvalue weighted by Gasteiger charge is -2.36. The van der Waals surface area contributed by atoms with Gasteiger partial charge < -0.3 is 30.4 Å². The molecule has 0 atom stereocenters. The molecule has 0 aromatic heterocycles. The Morgan fingerprint density at radius 2 is 1.64 bits per heavy atom. The summed E-state index contributed by atoms with van der Waals surface area (Å²) in [5.74, 6) is -1.58. The predicted molar refractivity (Wildman–Crippen MR) is 95.4 cm³/mol. The Kier molecular flexibility index (Phi) is 4.56. The van der Waals surface area contributed by atoms with Crippen molar-refractivity contribution in [3.05, 3.63) is 42.0 Å². The topological polar surface area (TPSA) is 96.3 Å². The van der Waals surface area contributed by atoms with Crippen LogP contribution in [0.15, 0.2) is 36.4 Å². The molecule has 0 aliphatic carbocycles. The van der Waals surface area contributed by atoms with Gasteiger partial charge in [-0.05, 0) is 24.6 Å². The molecule has 1 heterocycles. The number of aromatic hydroxyl groups is 3. The van der Waals surface area contributed by atoms with Crippen LogP contribution in [0.25, 0.3) is 0 Å². The number of anilines is 2. The molecule has 1 fully saturated rings. The monoisotopic (exact) mass is 343 g/mol. The third-order valence-corrected chi connectivity index (χ3v) is 4.25. The summed E-state index contributed by atoms with van der Waals surface area (Å²) in [5.41, 5.74) is 2.57. The third kappa shape index (κ3) is 3.71. The number of piperazine rings is 1. The average molecular weight is 343 g/mol. The molecule has 4 N–H and O–H groups in total. The standard InChI is InChI=1S/C18H21N3O4/c1-12-3-2-4-14(9-12)20-5-7-21(8-6-20)18(25)19-13-10-15(22)17(24)16(23)11-13/h2-4,9-11,22-24H,5-8H2,1H3,(H,19,25). The summed E-state index contributed by atoms with van der Waals surface area (Å²) < 4.78 is 0. The van der Waals surface area contributed by atoms with E-state index in [1.165, 1.54) is 17.7 Å². The zero-order valence-electron chi connectivity index (χ0n) is 13.9. The Hall–Kier alpha value is -3.09. The van der Waals surface area contributed by atoms with Crippen LogP contribution in [-0.2, 0) is 0 Å². The van der Waals surface area contributed by atoms with Gasteiger partial charge in [0.05, 0.1) is 5.69 Å². The van der Waals surface area contributed by atoms with E-state index in [4.69, 9.17) is 0 Å². The van der Waals surface area contributed by atoms with Crippen molar-refractivity contribution < 1.29 is 20.1 Å². The number of nitrogens with one attached hydrogen (secondary N) is 1. The number of hydrogen-bond donors (Lipinski definition) is 4. The van der Waals surface area contributed by atoms with E-state index < -0.39 is 17.2 Å². The van der Waals surface area contributed by atoms with Gasteiger partial charge >= 0.3 is 6.03 Å². The first kappa shape index (κ1) is 16.8. The minimum atomic E-state index is -0.607. The molecule has 2 amide bonds. The second kappa shape index (κ2) is 6.80. The van der Waals surface area contributed by atoms with Gasteiger partial charge in [-0.15, -0.1) is 0 Å². The molecule has 7 nitrogen and oxygen atoms in total. The molecule has 0 saturated carbocycles. The highest BCUT2D eigenvalue weighted by Crippen LogP contribution is 2.37. The Labute approximate surface area is 145 Å². The first-order chi connectivity index (χ1) is 11.9. The van der Waals surface area contributed by atoms with Crippen LogP contribution in [0.1, 0.15) is 5.56 Å². The van der Waals surface area contributed by atoms with Crippen molar-refractivity contribution in [1.29, 1.82) is 0 Å². The summed E-state index contributed by atoms with van der Waals surface area (Å²) in [7, 11) is 0. The number of hydrogen-bond acceptors (Lipinski definition) is 5. The summed E-state index contributed by atoms with van der Waals surface area (Å²) in [6.07, 6.45) is 0. The summed E-state index contributed by atoms with van der Waals surface area (Å²) in [5, 5.41) is 31.0. The molecule has 2 aromatic carbocycles. The lowest BCUT2D eigenvalue weighted by Crippen LogP contribution is -2.50. The van der Waals surface area contributed by atoms with Crippen molar-refractivity contribution in [3.8, 4) is 17.2 Å². The van der Waals surface area contributed by atoms with E-state index in [9.17, 15) is 20.1 Å². The van der Waals surface area contributed by atoms with E-state index in [1.807, 2.05) is 6.07 Å². The van der Waals surface area contributed by atoms with E-state index in [0.717, 1.165) is 18.8 Å². The Balaban J connectivity index is 1.60. The average Bonchev–Trinajstić information content (AvgIpc) is 2.59. The van der Waals surface area contributed by atoms with Crippen LogP contribution >= 0.6 is 0 Å². The van der Waals surface area contributed by atoms with Gasteiger partial charge in [0.1, 0.15) is 0 Å². The zero-order valence-corrected chi connectivity index (χ0v) is 13.9. The highest BCUT2D eigenvalue weighted by Gasteiger charge is 2.22. The summed E-state index contributed by atoms with van der Waals surface area (Å²) in [6, 6.07) is 10.3. The second-order valence-corrected chi connectivity index (χ2v) is 6.11. The van der Waals surface area contributed by atoms with E-state index in [-0.39, 0.29) is 11.7 Å². The molecule has 0 unspecified atom stereocenters. The van der Waals surface area contributed by atoms with Crippen LogP contribution in [0.4, 0.5) is 16.2 Å². The molecule has 25 heavy (non-hydrogen) atoms. The molecule has 7 heteroatoms. The molecule has 1 aliphatic rings. The summed E-state index contributed by atoms with van der Waals surface area (Å²) >= 11 is 0. The van der Waals surface area contributed by atoms with Crippen molar-refractivity contribution >= 4 is 17.4 Å². The quantitative estimate of drug-likeness (QED) is 0.496. The SMILES string of the molecule is Cc1cccc(N2CCN(C(=O)Nc3cc(O)c(O)c(O)c3)CC2)c1. The van der Waals surface area contributed by atoms with Crippen molar-refractivity contribution in [2.45, 2.75) is 6.92 Å². The van der Waals surface area contributed by atoms with E-state index in [0.29, 0.717) is 13.1 Å². The second-order valence-electron chi connectivity index (χ2n) is 6.11. The normalized spacial score (nSPS) is 14.4. The highest BCUT2D eigenvalue weighted by molar-refractivity contribution is 5.90. The van der Waals surface area contributed by atoms with Gasteiger partial charge in [-0.1, -0.05) is 12.1 Å². The number of rotatable bonds is 2. The maximum Gasteiger partial charge on any atom is 0.321 e. The van der Waals surface area contributed by atoms with Gasteiger partial charge in [-0.25, -0.2) is 4.79 Å². The zero-order chi connectivity index (χ0) is 18.0. The van der Waals surface area contributed by atoms with Gasteiger partial charge in [-0.2, -0.15) is 0 Å². The number of nitrogens with zero attached hydrogens (tertiary/aromatic N) is 2. The molecule has 3 rings (SSSR count). The Bertz CT molecular complexity index is 763. The Morgan fingerprint density at radius 3 is 2.24 bits per heavy atom. The molecule has 1 saturated heterocycles. The van der Waals surface area contributed by atoms with E-state index >= 15 is 0 Å². The van der Waals surface area contributed by atoms with Gasteiger partial charge in [-0.3, -0.25) is 0 Å². The van der Waals surface area contributed by atoms with Gasteiger partial charge in [0, 0.05) is 44.0 Å². The van der Waals surface area contributed by atoms with Gasteiger partial charge in [0.15, 0.2) is 17.2 Å². The largest absolute Gasteiger partial charge is 0.504 e. The minimum absolute atomic E-state index is 0.221. The summed E-state index contributed by atoms with van der Waals surface area (Å²) in [6.45, 7) is 4.63. The molecular weight excluding hydrogens is 322 g/mol. The van der Waals surface area contributed by atoms with E-state index in [1.54, 1.807) is 4.90 Å². The Morgan fingerprint density at radius 1 is 1.00 bits per heavy atom. The smallest absolute Gasteiger partial charge is 0.321 e. The van der Waals surface area contributed by atoms with Crippen molar-refractivity contribution in [1.82, 2.24) is 4.90 Å². The molecule has 0 radical (unpaired) electrons. The fourth-order valence-electron chi connectivity index (χ4n) is 2.87. The number of phenolic OH excluding ortho intramolecular Hbond substituents is 3. The maximum atomic E-state index is 12.3. The first-order valence-electron chi connectivity index (χ1n) is 8.06. The molecule has 0 spiro atoms. The van der Waals surface area contributed by atoms with Crippen LogP contribution in [0.2, 0.25) is 0 Å². The molecule has 132 valence electrons. The minimum Gasteiger partial charge on any atom is -0.504 e. The van der Waals surface area contributed by atoms with Crippen LogP contribution in [0, 0.1) is 6.92 Å². The number of phenols is 3. The molecule has 1 aliphatic heterocycles. The highest BCUT2D eigenvalue weighted by atomic mass is 16.3. The van der Waals surface area contributed by atoms with Crippen molar-refractivity contribution in [3.63, 3.8) is 0 Å². The number of urea groups is 1. The fraction of sp³-hybridized carbons (Fsp3) is 0.278. The fourth-order valence-corrected chi connectivity index (χ4v) is 2.87. The number of benzene rings is 2. The molecule has 2 aromatic rings. The molecular formula is C18H21N3O4. The van der Waals surface area contributed by atoms with E-state index in [2.05, 4.69) is 35.3 Å². The lowest BCUT2D eigenvalue weighted by atomic mass is 10.2. The van der Waals surface area contributed by atoms with Crippen LogP contribution in [0.3, 0.4) is 0 Å². The maximum absolute atomic E-state index is 12.3. The number of aryl methyl sites for hydroxylation is 1. The van der Waals surface area contributed by atoms with Crippen LogP contribution in [0.5, 0.6) is 17.2 Å². The first-order valence-corrected chi connectivity index (χ1v) is 8.06. The van der Waals surface area contributed by atoms with Crippen LogP contribution in [-0.4, -0.2) is 52.4 Å². The molecule has 0 bridgehead atoms. The van der Waals surface area contributed by atoms with Crippen molar-refractivity contribution in [2.75, 3.05) is 36.4 Å².